The Labute approximate surface area is 149 Å². The number of aromatic amines is 1. The Morgan fingerprint density at radius 3 is 2.48 bits per heavy atom. The maximum absolute atomic E-state index is 12.5. The standard InChI is InChI=1S/C19H16ClN3O2/c20-14-6-7-15-12(10-14)11-16(21-15)17(24)22-23-18(25)19(8-9-19)13-4-2-1-3-5-13/h1-7,10-11,21H,8-9H2,(H,22,24)(H,23,25). The predicted molar refractivity (Wildman–Crippen MR) is 96.3 cm³/mol. The summed E-state index contributed by atoms with van der Waals surface area (Å²) in [4.78, 5) is 27.8. The van der Waals surface area contributed by atoms with Gasteiger partial charge in [0, 0.05) is 15.9 Å². The van der Waals surface area contributed by atoms with Crippen molar-refractivity contribution in [3.63, 3.8) is 0 Å². The van der Waals surface area contributed by atoms with Crippen molar-refractivity contribution in [1.29, 1.82) is 0 Å². The summed E-state index contributed by atoms with van der Waals surface area (Å²) in [6.07, 6.45) is 1.56. The molecule has 5 nitrogen and oxygen atoms in total. The van der Waals surface area contributed by atoms with Gasteiger partial charge in [-0.25, -0.2) is 0 Å². The van der Waals surface area contributed by atoms with Crippen molar-refractivity contribution < 1.29 is 9.59 Å². The molecule has 1 saturated carbocycles. The van der Waals surface area contributed by atoms with Gasteiger partial charge in [-0.3, -0.25) is 20.4 Å². The average molecular weight is 354 g/mol. The van der Waals surface area contributed by atoms with Gasteiger partial charge in [0.1, 0.15) is 5.69 Å². The van der Waals surface area contributed by atoms with Crippen LogP contribution in [0.1, 0.15) is 28.9 Å². The summed E-state index contributed by atoms with van der Waals surface area (Å²) in [6, 6.07) is 16.7. The molecule has 0 saturated heterocycles. The number of hydrogen-bond acceptors (Lipinski definition) is 2. The quantitative estimate of drug-likeness (QED) is 0.632. The lowest BCUT2D eigenvalue weighted by Gasteiger charge is -2.15. The van der Waals surface area contributed by atoms with E-state index in [1.54, 1.807) is 18.2 Å². The second-order valence-electron chi connectivity index (χ2n) is 6.27. The first-order valence-electron chi connectivity index (χ1n) is 8.03. The second-order valence-corrected chi connectivity index (χ2v) is 6.71. The molecule has 3 aromatic rings. The van der Waals surface area contributed by atoms with E-state index in [1.165, 1.54) is 0 Å². The third kappa shape index (κ3) is 2.87. The Bertz CT molecular complexity index is 961. The number of benzene rings is 2. The monoisotopic (exact) mass is 353 g/mol. The zero-order chi connectivity index (χ0) is 17.4. The van der Waals surface area contributed by atoms with Crippen LogP contribution in [0.2, 0.25) is 5.02 Å². The molecule has 0 unspecified atom stereocenters. The Morgan fingerprint density at radius 2 is 1.76 bits per heavy atom. The van der Waals surface area contributed by atoms with E-state index < -0.39 is 11.3 Å². The smallest absolute Gasteiger partial charge is 0.286 e. The lowest BCUT2D eigenvalue weighted by molar-refractivity contribution is -0.124. The van der Waals surface area contributed by atoms with E-state index in [9.17, 15) is 9.59 Å². The van der Waals surface area contributed by atoms with Gasteiger partial charge in [0.15, 0.2) is 0 Å². The molecule has 4 rings (SSSR count). The number of carbonyl (C=O) groups is 2. The van der Waals surface area contributed by atoms with Crippen molar-refractivity contribution in [3.05, 3.63) is 70.9 Å². The summed E-state index contributed by atoms with van der Waals surface area (Å²) < 4.78 is 0. The highest BCUT2D eigenvalue weighted by atomic mass is 35.5. The third-order valence-corrected chi connectivity index (χ3v) is 4.86. The van der Waals surface area contributed by atoms with E-state index in [0.717, 1.165) is 29.3 Å². The highest BCUT2D eigenvalue weighted by Crippen LogP contribution is 2.48. The predicted octanol–water partition coefficient (Wildman–Crippen LogP) is 3.31. The molecule has 1 fully saturated rings. The molecule has 3 N–H and O–H groups in total. The fraction of sp³-hybridized carbons (Fsp3) is 0.158. The van der Waals surface area contributed by atoms with Gasteiger partial charge in [-0.05, 0) is 42.7 Å². The first-order valence-corrected chi connectivity index (χ1v) is 8.41. The molecule has 6 heteroatoms. The number of carbonyl (C=O) groups excluding carboxylic acids is 2. The van der Waals surface area contributed by atoms with Crippen LogP contribution in [-0.2, 0) is 10.2 Å². The van der Waals surface area contributed by atoms with Gasteiger partial charge in [-0.15, -0.1) is 0 Å². The van der Waals surface area contributed by atoms with Crippen molar-refractivity contribution in [2.24, 2.45) is 0 Å². The Balaban J connectivity index is 1.45. The first kappa shape index (κ1) is 15.7. The maximum Gasteiger partial charge on any atom is 0.286 e. The molecule has 0 spiro atoms. The zero-order valence-electron chi connectivity index (χ0n) is 13.3. The Hall–Kier alpha value is -2.79. The first-order chi connectivity index (χ1) is 12.1. The van der Waals surface area contributed by atoms with Crippen molar-refractivity contribution >= 4 is 34.3 Å². The molecule has 0 radical (unpaired) electrons. The average Bonchev–Trinajstić information content (AvgIpc) is 3.34. The summed E-state index contributed by atoms with van der Waals surface area (Å²) >= 11 is 5.95. The van der Waals surface area contributed by atoms with Gasteiger partial charge in [0.25, 0.3) is 5.91 Å². The lowest BCUT2D eigenvalue weighted by Crippen LogP contribution is -2.46. The van der Waals surface area contributed by atoms with Crippen molar-refractivity contribution in [2.75, 3.05) is 0 Å². The number of aromatic nitrogens is 1. The minimum Gasteiger partial charge on any atom is -0.350 e. The van der Waals surface area contributed by atoms with Crippen molar-refractivity contribution in [2.45, 2.75) is 18.3 Å². The van der Waals surface area contributed by atoms with Crippen LogP contribution in [0, 0.1) is 0 Å². The van der Waals surface area contributed by atoms with Crippen LogP contribution in [0.15, 0.2) is 54.6 Å². The third-order valence-electron chi connectivity index (χ3n) is 4.63. The fourth-order valence-corrected chi connectivity index (χ4v) is 3.24. The van der Waals surface area contributed by atoms with Crippen LogP contribution in [0.5, 0.6) is 0 Å². The van der Waals surface area contributed by atoms with Gasteiger partial charge in [-0.1, -0.05) is 41.9 Å². The summed E-state index contributed by atoms with van der Waals surface area (Å²) in [5.74, 6) is -0.587. The lowest BCUT2D eigenvalue weighted by atomic mass is 9.95. The molecular weight excluding hydrogens is 338 g/mol. The van der Waals surface area contributed by atoms with Crippen LogP contribution in [0.25, 0.3) is 10.9 Å². The van der Waals surface area contributed by atoms with Crippen LogP contribution >= 0.6 is 11.6 Å². The van der Waals surface area contributed by atoms with E-state index in [4.69, 9.17) is 11.6 Å². The topological polar surface area (TPSA) is 74.0 Å². The number of halogens is 1. The minimum atomic E-state index is -0.525. The number of rotatable bonds is 3. The van der Waals surface area contributed by atoms with Crippen LogP contribution < -0.4 is 10.9 Å². The van der Waals surface area contributed by atoms with E-state index in [1.807, 2.05) is 36.4 Å². The van der Waals surface area contributed by atoms with Gasteiger partial charge in [0.05, 0.1) is 5.41 Å². The van der Waals surface area contributed by atoms with E-state index in [2.05, 4.69) is 15.8 Å². The summed E-state index contributed by atoms with van der Waals surface area (Å²) in [7, 11) is 0. The number of fused-ring (bicyclic) bond motifs is 1. The SMILES string of the molecule is O=C(NNC(=O)C1(c2ccccc2)CC1)c1cc2cc(Cl)ccc2[nH]1. The molecule has 0 aliphatic heterocycles. The number of amides is 2. The second kappa shape index (κ2) is 5.93. The highest BCUT2D eigenvalue weighted by molar-refractivity contribution is 6.31. The van der Waals surface area contributed by atoms with Crippen LogP contribution in [0.3, 0.4) is 0 Å². The van der Waals surface area contributed by atoms with Gasteiger partial charge >= 0.3 is 0 Å². The summed E-state index contributed by atoms with van der Waals surface area (Å²) in [6.45, 7) is 0. The van der Waals surface area contributed by atoms with E-state index in [-0.39, 0.29) is 5.91 Å². The molecule has 1 aliphatic carbocycles. The van der Waals surface area contributed by atoms with Gasteiger partial charge < -0.3 is 4.98 Å². The van der Waals surface area contributed by atoms with Gasteiger partial charge in [0.2, 0.25) is 5.91 Å². The molecule has 0 bridgehead atoms. The molecule has 2 amide bonds. The fourth-order valence-electron chi connectivity index (χ4n) is 3.06. The van der Waals surface area contributed by atoms with Crippen LogP contribution in [0.4, 0.5) is 0 Å². The molecule has 1 heterocycles. The zero-order valence-corrected chi connectivity index (χ0v) is 14.1. The molecule has 2 aromatic carbocycles. The highest BCUT2D eigenvalue weighted by Gasteiger charge is 2.51. The summed E-state index contributed by atoms with van der Waals surface area (Å²) in [5.41, 5.74) is 6.66. The van der Waals surface area contributed by atoms with Gasteiger partial charge in [-0.2, -0.15) is 0 Å². The van der Waals surface area contributed by atoms with Crippen molar-refractivity contribution in [3.8, 4) is 0 Å². The number of H-pyrrole nitrogens is 1. The van der Waals surface area contributed by atoms with Crippen molar-refractivity contribution in [1.82, 2.24) is 15.8 Å². The molecule has 25 heavy (non-hydrogen) atoms. The molecular formula is C19H16ClN3O2. The van der Waals surface area contributed by atoms with E-state index in [0.29, 0.717) is 10.7 Å². The molecule has 1 aliphatic rings. The maximum atomic E-state index is 12.5. The Morgan fingerprint density at radius 1 is 1.00 bits per heavy atom. The molecule has 0 atom stereocenters. The minimum absolute atomic E-state index is 0.189. The molecule has 1 aromatic heterocycles. The normalized spacial score (nSPS) is 14.9. The van der Waals surface area contributed by atoms with Crippen LogP contribution in [-0.4, -0.2) is 16.8 Å². The number of hydrazine groups is 1. The van der Waals surface area contributed by atoms with E-state index >= 15 is 0 Å². The number of nitrogens with one attached hydrogen (secondary N) is 3. The summed E-state index contributed by atoms with van der Waals surface area (Å²) in [5, 5.41) is 1.44. The molecule has 126 valence electrons. The largest absolute Gasteiger partial charge is 0.350 e. The number of hydrogen-bond donors (Lipinski definition) is 3. The Kier molecular flexibility index (Phi) is 3.73.